The summed E-state index contributed by atoms with van der Waals surface area (Å²) in [6, 6.07) is 10.8. The number of amides is 1. The lowest BCUT2D eigenvalue weighted by Gasteiger charge is -2.56. The summed E-state index contributed by atoms with van der Waals surface area (Å²) in [7, 11) is 2.17. The van der Waals surface area contributed by atoms with Crippen molar-refractivity contribution in [3.05, 3.63) is 48.0 Å². The van der Waals surface area contributed by atoms with Gasteiger partial charge in [-0.25, -0.2) is 4.39 Å². The average molecular weight is 565 g/mol. The molecule has 1 spiro atoms. The SMILES string of the molecule is C=CC(=O)N1CCN(C2NC(OCC3CCCN3C)NC3CC4(CCC32)Cc2ccccc2C(F)C4)CC1CC#N. The maximum Gasteiger partial charge on any atom is 0.246 e. The van der Waals surface area contributed by atoms with Crippen LogP contribution in [0.15, 0.2) is 36.9 Å². The molecule has 0 radical (unpaired) electrons. The van der Waals surface area contributed by atoms with Crippen molar-refractivity contribution in [3.63, 3.8) is 0 Å². The predicted molar refractivity (Wildman–Crippen MR) is 155 cm³/mol. The van der Waals surface area contributed by atoms with E-state index in [0.29, 0.717) is 44.5 Å². The lowest BCUT2D eigenvalue weighted by Crippen LogP contribution is -2.72. The van der Waals surface area contributed by atoms with E-state index < -0.39 is 6.17 Å². The highest BCUT2D eigenvalue weighted by Crippen LogP contribution is 2.53. The third-order valence-electron chi connectivity index (χ3n) is 10.7. The van der Waals surface area contributed by atoms with Gasteiger partial charge in [0.1, 0.15) is 6.17 Å². The topological polar surface area (TPSA) is 83.9 Å². The predicted octanol–water partition coefficient (Wildman–Crippen LogP) is 3.32. The van der Waals surface area contributed by atoms with Gasteiger partial charge in [0.25, 0.3) is 0 Å². The van der Waals surface area contributed by atoms with Crippen LogP contribution in [0.1, 0.15) is 62.2 Å². The molecule has 1 saturated carbocycles. The van der Waals surface area contributed by atoms with Crippen molar-refractivity contribution in [2.45, 2.75) is 88.2 Å². The molecule has 8 nitrogen and oxygen atoms in total. The first kappa shape index (κ1) is 28.8. The number of alkyl halides is 1. The summed E-state index contributed by atoms with van der Waals surface area (Å²) in [5.41, 5.74) is 1.97. The summed E-state index contributed by atoms with van der Waals surface area (Å²) < 4.78 is 22.0. The minimum atomic E-state index is -0.916. The molecule has 1 aromatic rings. The van der Waals surface area contributed by atoms with Gasteiger partial charge in [0.05, 0.1) is 31.3 Å². The first-order valence-electron chi connectivity index (χ1n) is 15.5. The third kappa shape index (κ3) is 5.82. The van der Waals surface area contributed by atoms with Gasteiger partial charge in [0.15, 0.2) is 6.35 Å². The normalized spacial score (nSPS) is 37.8. The number of halogens is 1. The smallest absolute Gasteiger partial charge is 0.246 e. The fourth-order valence-electron chi connectivity index (χ4n) is 8.48. The minimum Gasteiger partial charge on any atom is -0.348 e. The maximum atomic E-state index is 15.5. The Balaban J connectivity index is 1.22. The minimum absolute atomic E-state index is 0.0571. The Morgan fingerprint density at radius 2 is 2.07 bits per heavy atom. The number of hydrogen-bond donors (Lipinski definition) is 2. The van der Waals surface area contributed by atoms with Crippen LogP contribution in [0.5, 0.6) is 0 Å². The second kappa shape index (κ2) is 12.1. The molecule has 0 aromatic heterocycles. The fraction of sp³-hybridized carbons (Fsp3) is 0.688. The van der Waals surface area contributed by atoms with E-state index in [9.17, 15) is 10.1 Å². The van der Waals surface area contributed by atoms with Crippen LogP contribution in [0.3, 0.4) is 0 Å². The van der Waals surface area contributed by atoms with E-state index in [1.54, 1.807) is 4.90 Å². The van der Waals surface area contributed by atoms with Crippen molar-refractivity contribution in [3.8, 4) is 6.07 Å². The number of rotatable bonds is 6. The Labute approximate surface area is 243 Å². The number of nitrogens with zero attached hydrogens (tertiary/aromatic N) is 4. The van der Waals surface area contributed by atoms with Crippen molar-refractivity contribution in [1.29, 1.82) is 5.26 Å². The molecule has 2 aliphatic carbocycles. The number of carbonyl (C=O) groups excluding carboxylic acids is 1. The van der Waals surface area contributed by atoms with Crippen molar-refractivity contribution in [2.75, 3.05) is 39.8 Å². The number of fused-ring (bicyclic) bond motifs is 2. The lowest BCUT2D eigenvalue weighted by atomic mass is 9.59. The number of piperazine rings is 1. The van der Waals surface area contributed by atoms with E-state index in [1.807, 2.05) is 18.2 Å². The van der Waals surface area contributed by atoms with Gasteiger partial charge in [-0.3, -0.25) is 20.3 Å². The molecule has 3 saturated heterocycles. The molecular formula is C32H45FN6O2. The molecule has 0 bridgehead atoms. The monoisotopic (exact) mass is 564 g/mol. The Morgan fingerprint density at radius 1 is 1.22 bits per heavy atom. The van der Waals surface area contributed by atoms with Crippen LogP contribution in [-0.2, 0) is 16.0 Å². The van der Waals surface area contributed by atoms with Gasteiger partial charge in [-0.05, 0) is 81.2 Å². The highest BCUT2D eigenvalue weighted by atomic mass is 19.1. The summed E-state index contributed by atoms with van der Waals surface area (Å²) in [5.74, 6) is 0.218. The van der Waals surface area contributed by atoms with Crippen molar-refractivity contribution < 1.29 is 13.9 Å². The van der Waals surface area contributed by atoms with Crippen molar-refractivity contribution in [2.24, 2.45) is 11.3 Å². The Bertz CT molecular complexity index is 1160. The summed E-state index contributed by atoms with van der Waals surface area (Å²) >= 11 is 0. The molecule has 8 unspecified atom stereocenters. The quantitative estimate of drug-likeness (QED) is 0.513. The van der Waals surface area contributed by atoms with Gasteiger partial charge < -0.3 is 14.5 Å². The van der Waals surface area contributed by atoms with Gasteiger partial charge in [-0.1, -0.05) is 30.8 Å². The number of benzene rings is 1. The second-order valence-corrected chi connectivity index (χ2v) is 13.1. The lowest BCUT2D eigenvalue weighted by molar-refractivity contribution is -0.137. The molecule has 4 fully saturated rings. The van der Waals surface area contributed by atoms with Crippen LogP contribution in [0.25, 0.3) is 0 Å². The van der Waals surface area contributed by atoms with Crippen LogP contribution in [0.4, 0.5) is 4.39 Å². The largest absolute Gasteiger partial charge is 0.348 e. The summed E-state index contributed by atoms with van der Waals surface area (Å²) in [6.07, 6.45) is 7.26. The molecule has 2 N–H and O–H groups in total. The average Bonchev–Trinajstić information content (AvgIpc) is 3.39. The van der Waals surface area contributed by atoms with E-state index in [4.69, 9.17) is 4.74 Å². The number of nitrogens with one attached hydrogen (secondary N) is 2. The summed E-state index contributed by atoms with van der Waals surface area (Å²) in [6.45, 7) is 7.37. The molecule has 1 aromatic carbocycles. The van der Waals surface area contributed by atoms with Crippen molar-refractivity contribution >= 4 is 5.91 Å². The Hall–Kier alpha value is -2.35. The number of likely N-dealkylation sites (N-methyl/N-ethyl adjacent to an activating group) is 1. The second-order valence-electron chi connectivity index (χ2n) is 13.1. The van der Waals surface area contributed by atoms with Crippen molar-refractivity contribution in [1.82, 2.24) is 25.3 Å². The van der Waals surface area contributed by atoms with Crippen LogP contribution < -0.4 is 10.6 Å². The molecule has 6 rings (SSSR count). The van der Waals surface area contributed by atoms with Crippen LogP contribution in [0.2, 0.25) is 0 Å². The van der Waals surface area contributed by atoms with Crippen LogP contribution in [-0.4, -0.2) is 91.1 Å². The zero-order valence-corrected chi connectivity index (χ0v) is 24.3. The van der Waals surface area contributed by atoms with E-state index in [0.717, 1.165) is 56.3 Å². The third-order valence-corrected chi connectivity index (χ3v) is 10.7. The van der Waals surface area contributed by atoms with Gasteiger partial charge in [0, 0.05) is 37.6 Å². The highest BCUT2D eigenvalue weighted by Gasteiger charge is 2.51. The van der Waals surface area contributed by atoms with E-state index in [1.165, 1.54) is 12.5 Å². The molecule has 222 valence electrons. The van der Waals surface area contributed by atoms with Gasteiger partial charge in [-0.15, -0.1) is 0 Å². The zero-order valence-electron chi connectivity index (χ0n) is 24.3. The maximum absolute atomic E-state index is 15.5. The number of hydrogen-bond acceptors (Lipinski definition) is 7. The number of likely N-dealkylation sites (tertiary alicyclic amines) is 1. The standard InChI is InChI=1S/C32H45FN6O2/c1-3-29(40)39-16-15-38(20-23(39)11-13-34)30-26-10-12-32(17-22-7-4-5-9-25(22)27(33)18-32)19-28(26)35-31(36-30)41-21-24-8-6-14-37(24)2/h3-5,7,9,23-24,26-28,30-31,35-36H,1,6,8,10-12,14-21H2,2H3. The van der Waals surface area contributed by atoms with E-state index in [2.05, 4.69) is 46.2 Å². The zero-order chi connectivity index (χ0) is 28.6. The van der Waals surface area contributed by atoms with Gasteiger partial charge >= 0.3 is 0 Å². The molecule has 41 heavy (non-hydrogen) atoms. The molecule has 9 heteroatoms. The first-order chi connectivity index (χ1) is 19.9. The Morgan fingerprint density at radius 3 is 2.85 bits per heavy atom. The first-order valence-corrected chi connectivity index (χ1v) is 15.5. The molecule has 3 heterocycles. The molecule has 8 atom stereocenters. The summed E-state index contributed by atoms with van der Waals surface area (Å²) in [4.78, 5) is 19.1. The Kier molecular flexibility index (Phi) is 8.49. The molecular weight excluding hydrogens is 519 g/mol. The number of carbonyl (C=O) groups is 1. The van der Waals surface area contributed by atoms with Gasteiger partial charge in [-0.2, -0.15) is 5.26 Å². The number of nitriles is 1. The summed E-state index contributed by atoms with van der Waals surface area (Å²) in [5, 5.41) is 17.1. The van der Waals surface area contributed by atoms with Gasteiger partial charge in [0.2, 0.25) is 5.91 Å². The molecule has 1 amide bonds. The fourth-order valence-corrected chi connectivity index (χ4v) is 8.48. The van der Waals surface area contributed by atoms with Crippen LogP contribution >= 0.6 is 0 Å². The molecule has 3 aliphatic heterocycles. The van der Waals surface area contributed by atoms with E-state index in [-0.39, 0.29) is 35.9 Å². The van der Waals surface area contributed by atoms with E-state index >= 15 is 4.39 Å². The number of ether oxygens (including phenoxy) is 1. The van der Waals surface area contributed by atoms with Crippen LogP contribution in [0, 0.1) is 22.7 Å². The molecule has 5 aliphatic rings. The highest BCUT2D eigenvalue weighted by molar-refractivity contribution is 5.87.